The summed E-state index contributed by atoms with van der Waals surface area (Å²) in [6, 6.07) is 16.3. The number of halogens is 1. The second-order valence-corrected chi connectivity index (χ2v) is 8.06. The second-order valence-electron chi connectivity index (χ2n) is 6.19. The lowest BCUT2D eigenvalue weighted by Gasteiger charge is -2.05. The van der Waals surface area contributed by atoms with E-state index in [0.29, 0.717) is 16.2 Å². The Morgan fingerprint density at radius 3 is 2.68 bits per heavy atom. The first kappa shape index (κ1) is 18.5. The Bertz CT molecular complexity index is 1230. The molecule has 2 aromatic carbocycles. The number of nitrogens with one attached hydrogen (secondary N) is 1. The number of nitrogens with zero attached hydrogens (tertiary/aromatic N) is 3. The maximum absolute atomic E-state index is 12.4. The van der Waals surface area contributed by atoms with Gasteiger partial charge < -0.3 is 5.32 Å². The molecule has 0 aliphatic heterocycles. The van der Waals surface area contributed by atoms with E-state index in [1.165, 1.54) is 21.9 Å². The van der Waals surface area contributed by atoms with E-state index in [0.717, 1.165) is 20.6 Å². The van der Waals surface area contributed by atoms with Gasteiger partial charge in [0.1, 0.15) is 5.01 Å². The van der Waals surface area contributed by atoms with Crippen LogP contribution >= 0.6 is 27.3 Å². The Morgan fingerprint density at radius 2 is 1.93 bits per heavy atom. The molecule has 6 nitrogen and oxygen atoms in total. The van der Waals surface area contributed by atoms with Gasteiger partial charge in [0.05, 0.1) is 12.2 Å². The van der Waals surface area contributed by atoms with Gasteiger partial charge >= 0.3 is 0 Å². The summed E-state index contributed by atoms with van der Waals surface area (Å²) in [4.78, 5) is 29.7. The summed E-state index contributed by atoms with van der Waals surface area (Å²) in [6.07, 6.45) is 0. The van der Waals surface area contributed by atoms with Crippen LogP contribution < -0.4 is 10.9 Å². The number of benzene rings is 2. The lowest BCUT2D eigenvalue weighted by atomic mass is 10.1. The van der Waals surface area contributed by atoms with Gasteiger partial charge in [-0.2, -0.15) is 9.61 Å². The van der Waals surface area contributed by atoms with Crippen molar-refractivity contribution in [1.82, 2.24) is 19.9 Å². The number of rotatable bonds is 4. The molecule has 0 aliphatic carbocycles. The number of carbonyl (C=O) groups is 1. The van der Waals surface area contributed by atoms with Gasteiger partial charge in [0, 0.05) is 21.7 Å². The fourth-order valence-corrected chi connectivity index (χ4v) is 4.02. The number of aromatic nitrogens is 3. The molecule has 28 heavy (non-hydrogen) atoms. The number of amides is 1. The van der Waals surface area contributed by atoms with Crippen LogP contribution in [0, 0.1) is 6.92 Å². The zero-order chi connectivity index (χ0) is 19.7. The van der Waals surface area contributed by atoms with Crippen molar-refractivity contribution >= 4 is 38.1 Å². The van der Waals surface area contributed by atoms with Crippen LogP contribution in [0.15, 0.2) is 63.9 Å². The summed E-state index contributed by atoms with van der Waals surface area (Å²) in [7, 11) is 0. The number of hydrogen-bond acceptors (Lipinski definition) is 5. The van der Waals surface area contributed by atoms with Crippen LogP contribution in [0.4, 0.5) is 0 Å². The highest BCUT2D eigenvalue weighted by atomic mass is 79.9. The van der Waals surface area contributed by atoms with E-state index in [9.17, 15) is 9.59 Å². The Labute approximate surface area is 173 Å². The quantitative estimate of drug-likeness (QED) is 0.508. The number of fused-ring (bicyclic) bond motifs is 1. The highest BCUT2D eigenvalue weighted by molar-refractivity contribution is 9.10. The largest absolute Gasteiger partial charge is 0.346 e. The van der Waals surface area contributed by atoms with E-state index < -0.39 is 0 Å². The molecule has 0 unspecified atom stereocenters. The highest BCUT2D eigenvalue weighted by Crippen LogP contribution is 2.26. The minimum atomic E-state index is -0.269. The van der Waals surface area contributed by atoms with Crippen LogP contribution in [-0.2, 0) is 6.54 Å². The molecule has 1 amide bonds. The number of aryl methyl sites for hydroxylation is 1. The molecule has 0 saturated heterocycles. The van der Waals surface area contributed by atoms with Crippen molar-refractivity contribution in [3.8, 4) is 10.6 Å². The highest BCUT2D eigenvalue weighted by Gasteiger charge is 2.13. The van der Waals surface area contributed by atoms with Crippen LogP contribution in [0.3, 0.4) is 0 Å². The van der Waals surface area contributed by atoms with E-state index in [4.69, 9.17) is 0 Å². The number of carbonyl (C=O) groups excluding carboxylic acids is 1. The summed E-state index contributed by atoms with van der Waals surface area (Å²) in [6.45, 7) is 2.17. The van der Waals surface area contributed by atoms with Gasteiger partial charge in [-0.05, 0) is 36.8 Å². The smallest absolute Gasteiger partial charge is 0.275 e. The molecule has 0 spiro atoms. The number of hydrogen-bond donors (Lipinski definition) is 1. The van der Waals surface area contributed by atoms with E-state index >= 15 is 0 Å². The van der Waals surface area contributed by atoms with E-state index in [-0.39, 0.29) is 18.0 Å². The molecular weight excluding hydrogens is 440 g/mol. The molecule has 4 rings (SSSR count). The Hall–Kier alpha value is -2.84. The van der Waals surface area contributed by atoms with Gasteiger partial charge in [-0.3, -0.25) is 9.59 Å². The molecule has 0 fully saturated rings. The predicted octanol–water partition coefficient (Wildman–Crippen LogP) is 3.82. The van der Waals surface area contributed by atoms with Gasteiger partial charge in [0.2, 0.25) is 4.96 Å². The lowest BCUT2D eigenvalue weighted by Crippen LogP contribution is -2.25. The molecule has 4 aromatic rings. The van der Waals surface area contributed by atoms with Crippen LogP contribution in [0.25, 0.3) is 15.5 Å². The van der Waals surface area contributed by atoms with E-state index in [1.807, 2.05) is 31.2 Å². The summed E-state index contributed by atoms with van der Waals surface area (Å²) >= 11 is 4.69. The summed E-state index contributed by atoms with van der Waals surface area (Å²) in [5.74, 6) is -0.223. The van der Waals surface area contributed by atoms with Crippen molar-refractivity contribution in [2.75, 3.05) is 0 Å². The summed E-state index contributed by atoms with van der Waals surface area (Å²) in [5.41, 5.74) is 2.82. The lowest BCUT2D eigenvalue weighted by molar-refractivity contribution is 0.0950. The summed E-state index contributed by atoms with van der Waals surface area (Å²) < 4.78 is 2.20. The van der Waals surface area contributed by atoms with Gasteiger partial charge in [-0.1, -0.05) is 51.5 Å². The van der Waals surface area contributed by atoms with E-state index in [2.05, 4.69) is 31.3 Å². The van der Waals surface area contributed by atoms with Gasteiger partial charge in [-0.25, -0.2) is 4.98 Å². The molecule has 8 heteroatoms. The molecule has 0 saturated carbocycles. The fraction of sp³-hybridized carbons (Fsp3) is 0.100. The first-order chi connectivity index (χ1) is 13.5. The molecule has 140 valence electrons. The third-order valence-electron chi connectivity index (χ3n) is 4.21. The third-order valence-corrected chi connectivity index (χ3v) is 5.68. The van der Waals surface area contributed by atoms with Crippen LogP contribution in [-0.4, -0.2) is 20.5 Å². The van der Waals surface area contributed by atoms with Crippen molar-refractivity contribution < 1.29 is 4.79 Å². The van der Waals surface area contributed by atoms with E-state index in [1.54, 1.807) is 24.3 Å². The molecule has 0 bridgehead atoms. The standard InChI is InChI=1S/C20H15BrN4O2S/c1-12-4-2-3-5-16(12)19-24-25-17(26)10-15(23-20(25)28-19)11-22-18(27)13-6-8-14(21)9-7-13/h2-10H,11H2,1H3,(H,22,27). The van der Waals surface area contributed by atoms with Crippen LogP contribution in [0.1, 0.15) is 21.6 Å². The van der Waals surface area contributed by atoms with Crippen molar-refractivity contribution in [3.63, 3.8) is 0 Å². The zero-order valence-electron chi connectivity index (χ0n) is 14.8. The average molecular weight is 455 g/mol. The molecule has 0 atom stereocenters. The first-order valence-electron chi connectivity index (χ1n) is 8.51. The maximum atomic E-state index is 12.4. The monoisotopic (exact) mass is 454 g/mol. The first-order valence-corrected chi connectivity index (χ1v) is 10.1. The minimum Gasteiger partial charge on any atom is -0.346 e. The van der Waals surface area contributed by atoms with Gasteiger partial charge in [0.15, 0.2) is 0 Å². The topological polar surface area (TPSA) is 76.4 Å². The molecule has 0 radical (unpaired) electrons. The minimum absolute atomic E-state index is 0.165. The normalized spacial score (nSPS) is 10.9. The Kier molecular flexibility index (Phi) is 5.06. The second kappa shape index (κ2) is 7.65. The van der Waals surface area contributed by atoms with Crippen molar-refractivity contribution in [3.05, 3.63) is 86.2 Å². The molecule has 2 heterocycles. The van der Waals surface area contributed by atoms with Crippen LogP contribution in [0.5, 0.6) is 0 Å². The third kappa shape index (κ3) is 3.74. The Morgan fingerprint density at radius 1 is 1.18 bits per heavy atom. The van der Waals surface area contributed by atoms with Crippen LogP contribution in [0.2, 0.25) is 0 Å². The molecule has 2 aromatic heterocycles. The zero-order valence-corrected chi connectivity index (χ0v) is 17.3. The average Bonchev–Trinajstić information content (AvgIpc) is 3.11. The predicted molar refractivity (Wildman–Crippen MR) is 113 cm³/mol. The molecular formula is C20H15BrN4O2S. The van der Waals surface area contributed by atoms with Crippen molar-refractivity contribution in [1.29, 1.82) is 0 Å². The van der Waals surface area contributed by atoms with Gasteiger partial charge in [0.25, 0.3) is 11.5 Å². The van der Waals surface area contributed by atoms with Crippen molar-refractivity contribution in [2.24, 2.45) is 0 Å². The molecule has 0 aliphatic rings. The summed E-state index contributed by atoms with van der Waals surface area (Å²) in [5, 5.41) is 7.93. The van der Waals surface area contributed by atoms with Gasteiger partial charge in [-0.15, -0.1) is 0 Å². The molecule has 1 N–H and O–H groups in total. The fourth-order valence-electron chi connectivity index (χ4n) is 2.74. The maximum Gasteiger partial charge on any atom is 0.275 e. The van der Waals surface area contributed by atoms with Crippen molar-refractivity contribution in [2.45, 2.75) is 13.5 Å². The Balaban J connectivity index is 1.59. The SMILES string of the molecule is Cc1ccccc1-c1nn2c(=O)cc(CNC(=O)c3ccc(Br)cc3)nc2s1.